The molecule has 1 aromatic heterocycles. The van der Waals surface area contributed by atoms with Crippen molar-refractivity contribution < 1.29 is 13.9 Å². The van der Waals surface area contributed by atoms with Gasteiger partial charge in [-0.15, -0.1) is 0 Å². The van der Waals surface area contributed by atoms with Crippen molar-refractivity contribution >= 4 is 0 Å². The number of aromatic nitrogens is 2. The smallest absolute Gasteiger partial charge is 0.131 e. The highest BCUT2D eigenvalue weighted by Crippen LogP contribution is 2.23. The van der Waals surface area contributed by atoms with E-state index in [-0.39, 0.29) is 18.0 Å². The van der Waals surface area contributed by atoms with E-state index < -0.39 is 17.7 Å². The first-order valence-corrected chi connectivity index (χ1v) is 6.15. The van der Waals surface area contributed by atoms with Gasteiger partial charge in [0.05, 0.1) is 17.4 Å². The molecular formula is C14H16F2N2O. The molecule has 0 bridgehead atoms. The van der Waals surface area contributed by atoms with Crippen LogP contribution in [-0.4, -0.2) is 14.9 Å². The summed E-state index contributed by atoms with van der Waals surface area (Å²) in [5.74, 6) is -1.48. The van der Waals surface area contributed by atoms with Crippen molar-refractivity contribution in [2.45, 2.75) is 32.4 Å². The fourth-order valence-corrected chi connectivity index (χ4v) is 1.90. The molecule has 2 rings (SSSR count). The van der Waals surface area contributed by atoms with Gasteiger partial charge in [-0.25, -0.2) is 8.78 Å². The van der Waals surface area contributed by atoms with Crippen LogP contribution in [0.1, 0.15) is 37.3 Å². The van der Waals surface area contributed by atoms with Crippen LogP contribution in [-0.2, 0) is 6.42 Å². The van der Waals surface area contributed by atoms with E-state index in [0.29, 0.717) is 5.69 Å². The van der Waals surface area contributed by atoms with Gasteiger partial charge in [-0.2, -0.15) is 5.10 Å². The third kappa shape index (κ3) is 2.98. The molecule has 102 valence electrons. The van der Waals surface area contributed by atoms with Crippen molar-refractivity contribution in [1.29, 1.82) is 0 Å². The molecule has 0 amide bonds. The van der Waals surface area contributed by atoms with Crippen molar-refractivity contribution in [3.05, 3.63) is 53.4 Å². The molecule has 0 radical (unpaired) electrons. The van der Waals surface area contributed by atoms with Crippen LogP contribution in [0.4, 0.5) is 8.78 Å². The average molecular weight is 266 g/mol. The van der Waals surface area contributed by atoms with Gasteiger partial charge in [0.15, 0.2) is 0 Å². The Morgan fingerprint density at radius 1 is 1.21 bits per heavy atom. The van der Waals surface area contributed by atoms with E-state index in [1.807, 2.05) is 13.8 Å². The molecule has 0 aliphatic heterocycles. The molecule has 0 aliphatic rings. The molecule has 5 heteroatoms. The van der Waals surface area contributed by atoms with Crippen molar-refractivity contribution in [2.24, 2.45) is 0 Å². The first kappa shape index (κ1) is 13.7. The minimum atomic E-state index is -1.24. The number of rotatable bonds is 4. The summed E-state index contributed by atoms with van der Waals surface area (Å²) in [4.78, 5) is 0. The number of hydrogen-bond donors (Lipinski definition) is 1. The lowest BCUT2D eigenvalue weighted by atomic mass is 10.0. The first-order chi connectivity index (χ1) is 8.99. The molecule has 0 saturated heterocycles. The van der Waals surface area contributed by atoms with Crippen LogP contribution in [0.25, 0.3) is 0 Å². The maximum absolute atomic E-state index is 13.5. The van der Waals surface area contributed by atoms with E-state index in [1.165, 1.54) is 6.07 Å². The molecule has 1 heterocycles. The van der Waals surface area contributed by atoms with Gasteiger partial charge in [0, 0.05) is 18.7 Å². The van der Waals surface area contributed by atoms with E-state index >= 15 is 0 Å². The Kier molecular flexibility index (Phi) is 3.95. The third-order valence-corrected chi connectivity index (χ3v) is 2.93. The monoisotopic (exact) mass is 266 g/mol. The topological polar surface area (TPSA) is 38.0 Å². The van der Waals surface area contributed by atoms with Crippen LogP contribution in [0.3, 0.4) is 0 Å². The van der Waals surface area contributed by atoms with E-state index in [4.69, 9.17) is 0 Å². The normalized spacial score (nSPS) is 12.9. The van der Waals surface area contributed by atoms with Crippen LogP contribution >= 0.6 is 0 Å². The predicted octanol–water partition coefficient (Wildman–Crippen LogP) is 3.02. The van der Waals surface area contributed by atoms with Crippen molar-refractivity contribution in [3.8, 4) is 0 Å². The summed E-state index contributed by atoms with van der Waals surface area (Å²) in [6.07, 6.45) is 0.624. The second-order valence-corrected chi connectivity index (χ2v) is 4.74. The molecule has 0 saturated carbocycles. The standard InChI is InChI=1S/C14H16F2N2O/c1-9(2)18-7-6-10(17-18)8-13(19)14-11(15)4-3-5-12(14)16/h3-7,9,13,19H,8H2,1-2H3. The van der Waals surface area contributed by atoms with E-state index in [2.05, 4.69) is 5.10 Å². The third-order valence-electron chi connectivity index (χ3n) is 2.93. The molecular weight excluding hydrogens is 250 g/mol. The van der Waals surface area contributed by atoms with Crippen LogP contribution < -0.4 is 0 Å². The Morgan fingerprint density at radius 2 is 1.84 bits per heavy atom. The van der Waals surface area contributed by atoms with E-state index in [1.54, 1.807) is 16.9 Å². The maximum atomic E-state index is 13.5. The number of hydrogen-bond acceptors (Lipinski definition) is 2. The van der Waals surface area contributed by atoms with Gasteiger partial charge < -0.3 is 5.11 Å². The van der Waals surface area contributed by atoms with Gasteiger partial charge in [0.1, 0.15) is 11.6 Å². The fraction of sp³-hybridized carbons (Fsp3) is 0.357. The van der Waals surface area contributed by atoms with Crippen molar-refractivity contribution in [2.75, 3.05) is 0 Å². The van der Waals surface area contributed by atoms with Gasteiger partial charge in [0.25, 0.3) is 0 Å². The van der Waals surface area contributed by atoms with Crippen LogP contribution in [0.5, 0.6) is 0 Å². The predicted molar refractivity (Wildman–Crippen MR) is 67.6 cm³/mol. The van der Waals surface area contributed by atoms with Crippen molar-refractivity contribution in [3.63, 3.8) is 0 Å². The summed E-state index contributed by atoms with van der Waals surface area (Å²) in [5.41, 5.74) is 0.297. The number of benzene rings is 1. The van der Waals surface area contributed by atoms with Gasteiger partial charge in [-0.05, 0) is 32.0 Å². The largest absolute Gasteiger partial charge is 0.388 e. The highest BCUT2D eigenvalue weighted by molar-refractivity contribution is 5.23. The summed E-state index contributed by atoms with van der Waals surface area (Å²) >= 11 is 0. The molecule has 1 aromatic carbocycles. The van der Waals surface area contributed by atoms with Crippen LogP contribution in [0.2, 0.25) is 0 Å². The fourth-order valence-electron chi connectivity index (χ4n) is 1.90. The second-order valence-electron chi connectivity index (χ2n) is 4.74. The minimum Gasteiger partial charge on any atom is -0.388 e. The molecule has 19 heavy (non-hydrogen) atoms. The SMILES string of the molecule is CC(C)n1ccc(CC(O)c2c(F)cccc2F)n1. The lowest BCUT2D eigenvalue weighted by molar-refractivity contribution is 0.167. The Hall–Kier alpha value is -1.75. The zero-order valence-electron chi connectivity index (χ0n) is 10.8. The first-order valence-electron chi connectivity index (χ1n) is 6.15. The molecule has 1 N–H and O–H groups in total. The lowest BCUT2D eigenvalue weighted by Crippen LogP contribution is -2.08. The molecule has 1 atom stereocenters. The highest BCUT2D eigenvalue weighted by atomic mass is 19.1. The zero-order valence-corrected chi connectivity index (χ0v) is 10.8. The van der Waals surface area contributed by atoms with E-state index in [0.717, 1.165) is 12.1 Å². The number of halogens is 2. The quantitative estimate of drug-likeness (QED) is 0.923. The summed E-state index contributed by atoms with van der Waals surface area (Å²) in [7, 11) is 0. The van der Waals surface area contributed by atoms with Gasteiger partial charge >= 0.3 is 0 Å². The Morgan fingerprint density at radius 3 is 2.37 bits per heavy atom. The maximum Gasteiger partial charge on any atom is 0.131 e. The molecule has 0 aliphatic carbocycles. The molecule has 0 fully saturated rings. The zero-order chi connectivity index (χ0) is 14.0. The van der Waals surface area contributed by atoms with Crippen LogP contribution in [0.15, 0.2) is 30.5 Å². The van der Waals surface area contributed by atoms with Crippen LogP contribution in [0, 0.1) is 11.6 Å². The van der Waals surface area contributed by atoms with Gasteiger partial charge in [-0.1, -0.05) is 6.07 Å². The molecule has 3 nitrogen and oxygen atoms in total. The summed E-state index contributed by atoms with van der Waals surface area (Å²) in [5, 5.41) is 14.2. The van der Waals surface area contributed by atoms with E-state index in [9.17, 15) is 13.9 Å². The summed E-state index contributed by atoms with van der Waals surface area (Å²) in [6, 6.07) is 5.48. The van der Waals surface area contributed by atoms with Gasteiger partial charge in [-0.3, -0.25) is 4.68 Å². The molecule has 0 spiro atoms. The minimum absolute atomic E-state index is 0.0809. The Balaban J connectivity index is 2.18. The number of aliphatic hydroxyl groups excluding tert-OH is 1. The Labute approximate surface area is 110 Å². The second kappa shape index (κ2) is 5.48. The number of aliphatic hydroxyl groups is 1. The average Bonchev–Trinajstić information content (AvgIpc) is 2.77. The molecule has 1 unspecified atom stereocenters. The van der Waals surface area contributed by atoms with Gasteiger partial charge in [0.2, 0.25) is 0 Å². The molecule has 2 aromatic rings. The lowest BCUT2D eigenvalue weighted by Gasteiger charge is -2.11. The summed E-state index contributed by atoms with van der Waals surface area (Å²) in [6.45, 7) is 3.95. The summed E-state index contributed by atoms with van der Waals surface area (Å²) < 4.78 is 28.8. The Bertz CT molecular complexity index is 546. The van der Waals surface area contributed by atoms with Crippen molar-refractivity contribution in [1.82, 2.24) is 9.78 Å². The highest BCUT2D eigenvalue weighted by Gasteiger charge is 2.19. The number of nitrogens with zero attached hydrogens (tertiary/aromatic N) is 2.